The molecule has 0 bridgehead atoms. The van der Waals surface area contributed by atoms with E-state index in [2.05, 4.69) is 29.6 Å². The normalized spacial score (nSPS) is 18.8. The quantitative estimate of drug-likeness (QED) is 0.436. The summed E-state index contributed by atoms with van der Waals surface area (Å²) in [5.74, 6) is 0.448. The Hall–Kier alpha value is -3.35. The summed E-state index contributed by atoms with van der Waals surface area (Å²) >= 11 is 0. The molecule has 7 nitrogen and oxygen atoms in total. The van der Waals surface area contributed by atoms with Crippen LogP contribution in [0.1, 0.15) is 49.1 Å². The maximum absolute atomic E-state index is 13.4. The van der Waals surface area contributed by atoms with Gasteiger partial charge in [0.15, 0.2) is 5.96 Å². The minimum Gasteiger partial charge on any atom is -0.370 e. The van der Waals surface area contributed by atoms with Crippen molar-refractivity contribution in [2.45, 2.75) is 44.1 Å². The topological polar surface area (TPSA) is 103 Å². The molecule has 34 heavy (non-hydrogen) atoms. The van der Waals surface area contributed by atoms with Gasteiger partial charge in [0.25, 0.3) is 0 Å². The van der Waals surface area contributed by atoms with Crippen LogP contribution in [0.3, 0.4) is 0 Å². The van der Waals surface area contributed by atoms with Crippen LogP contribution in [0.4, 0.5) is 0 Å². The van der Waals surface area contributed by atoms with Gasteiger partial charge in [-0.15, -0.1) is 0 Å². The van der Waals surface area contributed by atoms with Crippen molar-refractivity contribution in [3.8, 4) is 0 Å². The number of nitrogens with one attached hydrogen (secondary N) is 2. The molecule has 0 radical (unpaired) electrons. The van der Waals surface area contributed by atoms with Crippen molar-refractivity contribution in [1.82, 2.24) is 15.1 Å². The highest BCUT2D eigenvalue weighted by Crippen LogP contribution is 2.30. The summed E-state index contributed by atoms with van der Waals surface area (Å²) in [6, 6.07) is 19.9. The van der Waals surface area contributed by atoms with Gasteiger partial charge in [-0.05, 0) is 42.7 Å². The highest BCUT2D eigenvalue weighted by Gasteiger charge is 2.35. The third kappa shape index (κ3) is 5.76. The summed E-state index contributed by atoms with van der Waals surface area (Å²) in [7, 11) is 0. The van der Waals surface area contributed by atoms with Gasteiger partial charge in [-0.25, -0.2) is 0 Å². The zero-order chi connectivity index (χ0) is 23.9. The minimum atomic E-state index is -0.392. The first kappa shape index (κ1) is 23.8. The number of carbonyl (C=O) groups is 2. The van der Waals surface area contributed by atoms with Crippen molar-refractivity contribution in [2.24, 2.45) is 11.7 Å². The second-order valence-corrected chi connectivity index (χ2v) is 9.38. The molecular formula is C27H35N5O2. The van der Waals surface area contributed by atoms with E-state index in [0.29, 0.717) is 31.8 Å². The monoisotopic (exact) mass is 461 g/mol. The predicted molar refractivity (Wildman–Crippen MR) is 133 cm³/mol. The zero-order valence-electron chi connectivity index (χ0n) is 19.7. The first-order valence-electron chi connectivity index (χ1n) is 12.3. The Kier molecular flexibility index (Phi) is 7.83. The van der Waals surface area contributed by atoms with Gasteiger partial charge in [-0.3, -0.25) is 15.0 Å². The van der Waals surface area contributed by atoms with Crippen molar-refractivity contribution in [2.75, 3.05) is 26.2 Å². The number of rotatable bonds is 7. The fraction of sp³-hybridized carbons (Fsp3) is 0.444. The molecule has 0 spiro atoms. The molecule has 2 aliphatic rings. The average Bonchev–Trinajstić information content (AvgIpc) is 3.37. The number of likely N-dealkylation sites (tertiary alicyclic amines) is 2. The van der Waals surface area contributed by atoms with Gasteiger partial charge in [0.1, 0.15) is 6.04 Å². The molecule has 2 fully saturated rings. The number of nitrogens with zero attached hydrogens (tertiary/aromatic N) is 2. The number of carbonyl (C=O) groups excluding carboxylic acids is 2. The number of benzene rings is 2. The summed E-state index contributed by atoms with van der Waals surface area (Å²) in [5.41, 5.74) is 7.79. The molecule has 0 aromatic heterocycles. The summed E-state index contributed by atoms with van der Waals surface area (Å²) in [5, 5.41) is 10.7. The molecule has 2 heterocycles. The molecule has 2 saturated heterocycles. The lowest BCUT2D eigenvalue weighted by Gasteiger charge is -2.32. The average molecular weight is 462 g/mol. The minimum absolute atomic E-state index is 0.0325. The molecule has 2 amide bonds. The van der Waals surface area contributed by atoms with Crippen molar-refractivity contribution < 1.29 is 9.59 Å². The second kappa shape index (κ2) is 11.2. The largest absolute Gasteiger partial charge is 0.370 e. The Morgan fingerprint density at radius 2 is 1.53 bits per heavy atom. The maximum atomic E-state index is 13.4. The van der Waals surface area contributed by atoms with Crippen molar-refractivity contribution in [3.63, 3.8) is 0 Å². The predicted octanol–water partition coefficient (Wildman–Crippen LogP) is 2.92. The van der Waals surface area contributed by atoms with E-state index in [0.717, 1.165) is 43.5 Å². The smallest absolute Gasteiger partial charge is 0.242 e. The Bertz CT molecular complexity index is 934. The summed E-state index contributed by atoms with van der Waals surface area (Å²) in [6.45, 7) is 2.75. The Labute approximate surface area is 201 Å². The first-order valence-corrected chi connectivity index (χ1v) is 12.3. The molecule has 180 valence electrons. The number of hydrogen-bond acceptors (Lipinski definition) is 3. The van der Waals surface area contributed by atoms with E-state index < -0.39 is 6.04 Å². The molecule has 2 aromatic rings. The van der Waals surface area contributed by atoms with Crippen LogP contribution in [-0.4, -0.2) is 59.8 Å². The fourth-order valence-electron chi connectivity index (χ4n) is 5.17. The lowest BCUT2D eigenvalue weighted by atomic mass is 9.88. The Morgan fingerprint density at radius 3 is 2.09 bits per heavy atom. The SMILES string of the molecule is N=C(N)N1CCC(CNC(=O)[C@@H]2CCCN2C(=O)CC(c2ccccc2)c2ccccc2)CC1. The number of hydrogen-bond donors (Lipinski definition) is 3. The van der Waals surface area contributed by atoms with E-state index in [1.54, 1.807) is 4.90 Å². The van der Waals surface area contributed by atoms with Gasteiger partial charge < -0.3 is 20.9 Å². The number of nitrogens with two attached hydrogens (primary N) is 1. The summed E-state index contributed by atoms with van der Waals surface area (Å²) in [6.07, 6.45) is 3.72. The van der Waals surface area contributed by atoms with Crippen molar-refractivity contribution >= 4 is 17.8 Å². The second-order valence-electron chi connectivity index (χ2n) is 9.38. The number of piperidine rings is 1. The molecule has 2 aromatic carbocycles. The maximum Gasteiger partial charge on any atom is 0.242 e. The van der Waals surface area contributed by atoms with Gasteiger partial charge in [-0.2, -0.15) is 0 Å². The fourth-order valence-corrected chi connectivity index (χ4v) is 5.17. The molecular weight excluding hydrogens is 426 g/mol. The highest BCUT2D eigenvalue weighted by molar-refractivity contribution is 5.88. The Balaban J connectivity index is 1.36. The zero-order valence-corrected chi connectivity index (χ0v) is 19.7. The van der Waals surface area contributed by atoms with Crippen molar-refractivity contribution in [3.05, 3.63) is 71.8 Å². The van der Waals surface area contributed by atoms with Crippen LogP contribution >= 0.6 is 0 Å². The molecule has 4 rings (SSSR count). The van der Waals surface area contributed by atoms with Crippen LogP contribution < -0.4 is 11.1 Å². The molecule has 1 atom stereocenters. The van der Waals surface area contributed by atoms with Gasteiger partial charge >= 0.3 is 0 Å². The van der Waals surface area contributed by atoms with Crippen LogP contribution in [0.2, 0.25) is 0 Å². The molecule has 2 aliphatic heterocycles. The lowest BCUT2D eigenvalue weighted by Crippen LogP contribution is -2.48. The van der Waals surface area contributed by atoms with E-state index in [4.69, 9.17) is 11.1 Å². The number of guanidine groups is 1. The van der Waals surface area contributed by atoms with E-state index in [9.17, 15) is 9.59 Å². The van der Waals surface area contributed by atoms with E-state index in [1.165, 1.54) is 0 Å². The van der Waals surface area contributed by atoms with Gasteiger partial charge in [0.2, 0.25) is 11.8 Å². The van der Waals surface area contributed by atoms with Crippen molar-refractivity contribution in [1.29, 1.82) is 5.41 Å². The third-order valence-electron chi connectivity index (χ3n) is 7.18. The summed E-state index contributed by atoms with van der Waals surface area (Å²) < 4.78 is 0. The highest BCUT2D eigenvalue weighted by atomic mass is 16.2. The molecule has 0 saturated carbocycles. The van der Waals surface area contributed by atoms with Crippen LogP contribution in [0, 0.1) is 11.3 Å². The van der Waals surface area contributed by atoms with Crippen LogP contribution in [0.15, 0.2) is 60.7 Å². The molecule has 0 unspecified atom stereocenters. The van der Waals surface area contributed by atoms with E-state index in [-0.39, 0.29) is 23.7 Å². The van der Waals surface area contributed by atoms with E-state index >= 15 is 0 Å². The van der Waals surface area contributed by atoms with E-state index in [1.807, 2.05) is 41.3 Å². The van der Waals surface area contributed by atoms with Crippen LogP contribution in [0.5, 0.6) is 0 Å². The van der Waals surface area contributed by atoms with Crippen LogP contribution in [0.25, 0.3) is 0 Å². The molecule has 4 N–H and O–H groups in total. The lowest BCUT2D eigenvalue weighted by molar-refractivity contribution is -0.138. The summed E-state index contributed by atoms with van der Waals surface area (Å²) in [4.78, 5) is 30.1. The van der Waals surface area contributed by atoms with Gasteiger partial charge in [-0.1, -0.05) is 60.7 Å². The standard InChI is InChI=1S/C27H35N5O2/c28-27(29)31-16-13-20(14-17-31)19-30-26(34)24-12-7-15-32(24)25(33)18-23(21-8-3-1-4-9-21)22-10-5-2-6-11-22/h1-6,8-11,20,23-24H,7,12-19H2,(H3,28,29)(H,30,34)/t24-/m0/s1. The van der Waals surface area contributed by atoms with Gasteiger partial charge in [0, 0.05) is 38.5 Å². The molecule has 0 aliphatic carbocycles. The third-order valence-corrected chi connectivity index (χ3v) is 7.18. The number of amides is 2. The molecule has 7 heteroatoms. The van der Waals surface area contributed by atoms with Gasteiger partial charge in [0.05, 0.1) is 0 Å². The Morgan fingerprint density at radius 1 is 0.941 bits per heavy atom. The van der Waals surface area contributed by atoms with Crippen LogP contribution in [-0.2, 0) is 9.59 Å². The first-order chi connectivity index (χ1) is 16.5.